The molecule has 18 heavy (non-hydrogen) atoms. The number of benzene rings is 1. The molecule has 5 heteroatoms. The quantitative estimate of drug-likeness (QED) is 0.847. The molecule has 0 aliphatic heterocycles. The number of carbonyl (C=O) groups is 1. The Balaban J connectivity index is 2.82. The van der Waals surface area contributed by atoms with Gasteiger partial charge < -0.3 is 4.74 Å². The monoisotopic (exact) mass is 273 g/mol. The molecule has 0 aliphatic carbocycles. The third kappa shape index (κ3) is 4.92. The fourth-order valence-corrected chi connectivity index (χ4v) is 1.58. The molecule has 0 bridgehead atoms. The zero-order valence-corrected chi connectivity index (χ0v) is 11.6. The highest BCUT2D eigenvalue weighted by Gasteiger charge is 2.16. The first-order valence-corrected chi connectivity index (χ1v) is 6.00. The summed E-state index contributed by atoms with van der Waals surface area (Å²) in [6, 6.07) is 4.59. The highest BCUT2D eigenvalue weighted by molar-refractivity contribution is 6.31. The van der Waals surface area contributed by atoms with Gasteiger partial charge in [-0.3, -0.25) is 5.32 Å². The van der Waals surface area contributed by atoms with Gasteiger partial charge in [0.15, 0.2) is 0 Å². The number of halogens is 2. The Morgan fingerprint density at radius 2 is 2.00 bits per heavy atom. The van der Waals surface area contributed by atoms with E-state index in [0.29, 0.717) is 16.3 Å². The lowest BCUT2D eigenvalue weighted by Crippen LogP contribution is -2.27. The molecule has 1 rings (SSSR count). The van der Waals surface area contributed by atoms with E-state index in [9.17, 15) is 9.18 Å². The molecule has 1 aromatic rings. The van der Waals surface area contributed by atoms with Crippen molar-refractivity contribution in [1.82, 2.24) is 0 Å². The molecule has 0 aliphatic rings. The van der Waals surface area contributed by atoms with E-state index in [-0.39, 0.29) is 0 Å². The Labute approximate surface area is 111 Å². The Kier molecular flexibility index (Phi) is 4.57. The van der Waals surface area contributed by atoms with E-state index in [2.05, 4.69) is 5.32 Å². The molecule has 0 heterocycles. The second kappa shape index (κ2) is 5.57. The molecule has 0 aromatic heterocycles. The number of ether oxygens (including phenoxy) is 1. The molecule has 0 saturated carbocycles. The van der Waals surface area contributed by atoms with Gasteiger partial charge in [0, 0.05) is 10.7 Å². The molecule has 1 unspecified atom stereocenters. The second-order valence-corrected chi connectivity index (χ2v) is 5.45. The van der Waals surface area contributed by atoms with Crippen LogP contribution in [0.5, 0.6) is 0 Å². The van der Waals surface area contributed by atoms with Crippen LogP contribution in [0.15, 0.2) is 18.2 Å². The number of carbonyl (C=O) groups excluding carboxylic acids is 1. The summed E-state index contributed by atoms with van der Waals surface area (Å²) in [6.07, 6.45) is -1.75. The van der Waals surface area contributed by atoms with Crippen LogP contribution in [0, 0.1) is 0 Å². The Morgan fingerprint density at radius 3 is 2.50 bits per heavy atom. The maximum Gasteiger partial charge on any atom is 0.412 e. The maximum absolute atomic E-state index is 13.2. The van der Waals surface area contributed by atoms with Gasteiger partial charge in [0.25, 0.3) is 0 Å². The van der Waals surface area contributed by atoms with Gasteiger partial charge in [-0.2, -0.15) is 0 Å². The topological polar surface area (TPSA) is 38.3 Å². The number of hydrogen-bond acceptors (Lipinski definition) is 2. The lowest BCUT2D eigenvalue weighted by molar-refractivity contribution is 0.0636. The number of alkyl halides is 1. The minimum Gasteiger partial charge on any atom is -0.444 e. The van der Waals surface area contributed by atoms with Gasteiger partial charge >= 0.3 is 6.09 Å². The molecule has 3 nitrogen and oxygen atoms in total. The molecule has 0 fully saturated rings. The molecule has 0 saturated heterocycles. The average molecular weight is 274 g/mol. The highest BCUT2D eigenvalue weighted by Crippen LogP contribution is 2.25. The second-order valence-electron chi connectivity index (χ2n) is 5.02. The fraction of sp³-hybridized carbons (Fsp3) is 0.462. The SMILES string of the molecule is CC(F)c1cc(Cl)cc(NC(=O)OC(C)(C)C)c1. The van der Waals surface area contributed by atoms with Crippen molar-refractivity contribution in [3.8, 4) is 0 Å². The zero-order valence-electron chi connectivity index (χ0n) is 10.9. The predicted octanol–water partition coefficient (Wildman–Crippen LogP) is 4.72. The summed E-state index contributed by atoms with van der Waals surface area (Å²) in [5.41, 5.74) is 0.239. The van der Waals surface area contributed by atoms with Crippen LogP contribution < -0.4 is 5.32 Å². The van der Waals surface area contributed by atoms with Crippen LogP contribution >= 0.6 is 11.6 Å². The summed E-state index contributed by atoms with van der Waals surface area (Å²) in [4.78, 5) is 11.6. The van der Waals surface area contributed by atoms with E-state index in [4.69, 9.17) is 16.3 Å². The Bertz CT molecular complexity index is 441. The smallest absolute Gasteiger partial charge is 0.412 e. The minimum atomic E-state index is -1.15. The molecule has 1 atom stereocenters. The van der Waals surface area contributed by atoms with E-state index in [1.54, 1.807) is 20.8 Å². The van der Waals surface area contributed by atoms with Gasteiger partial charge in [-0.05, 0) is 51.5 Å². The number of amides is 1. The highest BCUT2D eigenvalue weighted by atomic mass is 35.5. The van der Waals surface area contributed by atoms with Crippen LogP contribution in [-0.4, -0.2) is 11.7 Å². The van der Waals surface area contributed by atoms with Crippen LogP contribution in [0.25, 0.3) is 0 Å². The van der Waals surface area contributed by atoms with E-state index in [0.717, 1.165) is 0 Å². The average Bonchev–Trinajstić information content (AvgIpc) is 2.12. The first kappa shape index (κ1) is 14.8. The molecule has 0 spiro atoms. The Morgan fingerprint density at radius 1 is 1.39 bits per heavy atom. The summed E-state index contributed by atoms with van der Waals surface area (Å²) in [5.74, 6) is 0. The summed E-state index contributed by atoms with van der Waals surface area (Å²) >= 11 is 5.85. The van der Waals surface area contributed by atoms with E-state index >= 15 is 0 Å². The van der Waals surface area contributed by atoms with Crippen LogP contribution in [-0.2, 0) is 4.74 Å². The van der Waals surface area contributed by atoms with Crippen molar-refractivity contribution >= 4 is 23.4 Å². The van der Waals surface area contributed by atoms with Crippen molar-refractivity contribution in [2.45, 2.75) is 39.5 Å². The van der Waals surface area contributed by atoms with Crippen LogP contribution in [0.1, 0.15) is 39.4 Å². The van der Waals surface area contributed by atoms with E-state index in [1.807, 2.05) is 0 Å². The molecule has 100 valence electrons. The molecular formula is C13H17ClFNO2. The van der Waals surface area contributed by atoms with Crippen molar-refractivity contribution in [1.29, 1.82) is 0 Å². The molecule has 0 radical (unpaired) electrons. The number of hydrogen-bond donors (Lipinski definition) is 1. The van der Waals surface area contributed by atoms with Gasteiger partial charge in [-0.15, -0.1) is 0 Å². The van der Waals surface area contributed by atoms with Crippen LogP contribution in [0.4, 0.5) is 14.9 Å². The van der Waals surface area contributed by atoms with Crippen molar-refractivity contribution in [2.24, 2.45) is 0 Å². The first-order valence-electron chi connectivity index (χ1n) is 5.62. The van der Waals surface area contributed by atoms with Gasteiger partial charge in [0.2, 0.25) is 0 Å². The van der Waals surface area contributed by atoms with Gasteiger partial charge in [0.05, 0.1) is 0 Å². The molecule has 1 amide bonds. The molecule has 1 aromatic carbocycles. The van der Waals surface area contributed by atoms with Crippen LogP contribution in [0.2, 0.25) is 5.02 Å². The summed E-state index contributed by atoms with van der Waals surface area (Å²) < 4.78 is 18.3. The van der Waals surface area contributed by atoms with Crippen molar-refractivity contribution in [3.05, 3.63) is 28.8 Å². The lowest BCUT2D eigenvalue weighted by Gasteiger charge is -2.20. The third-order valence-corrected chi connectivity index (χ3v) is 2.24. The van der Waals surface area contributed by atoms with E-state index < -0.39 is 17.9 Å². The molecular weight excluding hydrogens is 257 g/mol. The number of rotatable bonds is 2. The van der Waals surface area contributed by atoms with E-state index in [1.165, 1.54) is 25.1 Å². The zero-order chi connectivity index (χ0) is 13.9. The van der Waals surface area contributed by atoms with Crippen molar-refractivity contribution in [2.75, 3.05) is 5.32 Å². The van der Waals surface area contributed by atoms with Gasteiger partial charge in [-0.1, -0.05) is 11.6 Å². The Hall–Kier alpha value is -1.29. The van der Waals surface area contributed by atoms with Crippen molar-refractivity contribution in [3.63, 3.8) is 0 Å². The predicted molar refractivity (Wildman–Crippen MR) is 70.8 cm³/mol. The molecule has 1 N–H and O–H groups in total. The standard InChI is InChI=1S/C13H17ClFNO2/c1-8(15)9-5-10(14)7-11(6-9)16-12(17)18-13(2,3)4/h5-8H,1-4H3,(H,16,17). The summed E-state index contributed by atoms with van der Waals surface area (Å²) in [5, 5.41) is 2.89. The summed E-state index contributed by atoms with van der Waals surface area (Å²) in [6.45, 7) is 6.70. The first-order chi connectivity index (χ1) is 8.17. The number of anilines is 1. The maximum atomic E-state index is 13.2. The minimum absolute atomic E-state index is 0.364. The number of nitrogens with one attached hydrogen (secondary N) is 1. The van der Waals surface area contributed by atoms with Crippen molar-refractivity contribution < 1.29 is 13.9 Å². The largest absolute Gasteiger partial charge is 0.444 e. The third-order valence-electron chi connectivity index (χ3n) is 2.02. The van der Waals surface area contributed by atoms with Gasteiger partial charge in [-0.25, -0.2) is 9.18 Å². The normalized spacial score (nSPS) is 13.0. The summed E-state index contributed by atoms with van der Waals surface area (Å²) in [7, 11) is 0. The fourth-order valence-electron chi connectivity index (χ4n) is 1.34. The van der Waals surface area contributed by atoms with Crippen LogP contribution in [0.3, 0.4) is 0 Å². The lowest BCUT2D eigenvalue weighted by atomic mass is 10.1. The van der Waals surface area contributed by atoms with Gasteiger partial charge in [0.1, 0.15) is 11.8 Å².